The number of rotatable bonds is 1. The van der Waals surface area contributed by atoms with Crippen molar-refractivity contribution in [3.05, 3.63) is 36.0 Å². The SMILES string of the molecule is COC1C=CC=C(C(F)(F)F)C=C1. The van der Waals surface area contributed by atoms with Crippen LogP contribution in [0.25, 0.3) is 0 Å². The molecule has 13 heavy (non-hydrogen) atoms. The lowest BCUT2D eigenvalue weighted by Gasteiger charge is -2.06. The Bertz CT molecular complexity index is 261. The lowest BCUT2D eigenvalue weighted by atomic mass is 10.2. The van der Waals surface area contributed by atoms with E-state index in [2.05, 4.69) is 0 Å². The van der Waals surface area contributed by atoms with Gasteiger partial charge in [0.15, 0.2) is 0 Å². The molecule has 0 saturated heterocycles. The van der Waals surface area contributed by atoms with Gasteiger partial charge in [-0.1, -0.05) is 30.4 Å². The molecule has 0 heterocycles. The van der Waals surface area contributed by atoms with Crippen molar-refractivity contribution < 1.29 is 17.9 Å². The van der Waals surface area contributed by atoms with Crippen molar-refractivity contribution in [3.8, 4) is 0 Å². The maximum atomic E-state index is 12.2. The maximum Gasteiger partial charge on any atom is 0.416 e. The third-order valence-electron chi connectivity index (χ3n) is 1.64. The predicted molar refractivity (Wildman–Crippen MR) is 43.2 cm³/mol. The zero-order valence-electron chi connectivity index (χ0n) is 7.01. The summed E-state index contributed by atoms with van der Waals surface area (Å²) in [5.41, 5.74) is -0.664. The Morgan fingerprint density at radius 3 is 2.54 bits per heavy atom. The highest BCUT2D eigenvalue weighted by molar-refractivity contribution is 5.32. The Morgan fingerprint density at radius 1 is 1.31 bits per heavy atom. The molecular formula is C9H9F3O. The summed E-state index contributed by atoms with van der Waals surface area (Å²) in [6, 6.07) is 0. The summed E-state index contributed by atoms with van der Waals surface area (Å²) >= 11 is 0. The second kappa shape index (κ2) is 3.79. The standard InChI is InChI=1S/C9H9F3O/c1-13-8-4-2-3-7(5-6-8)9(10,11)12/h2-6,8H,1H3. The molecule has 1 aliphatic rings. The van der Waals surface area contributed by atoms with Gasteiger partial charge < -0.3 is 4.74 Å². The monoisotopic (exact) mass is 190 g/mol. The average molecular weight is 190 g/mol. The van der Waals surface area contributed by atoms with Crippen molar-refractivity contribution in [2.75, 3.05) is 7.11 Å². The van der Waals surface area contributed by atoms with Gasteiger partial charge in [0.05, 0.1) is 11.7 Å². The molecule has 0 fully saturated rings. The van der Waals surface area contributed by atoms with Crippen LogP contribution in [0.4, 0.5) is 13.2 Å². The Hall–Kier alpha value is -1.03. The first kappa shape index (κ1) is 10.1. The second-order valence-electron chi connectivity index (χ2n) is 2.56. The summed E-state index contributed by atoms with van der Waals surface area (Å²) in [5, 5.41) is 0. The molecular weight excluding hydrogens is 181 g/mol. The first-order chi connectivity index (χ1) is 6.04. The fourth-order valence-corrected chi connectivity index (χ4v) is 0.933. The van der Waals surface area contributed by atoms with Crippen LogP contribution in [0.1, 0.15) is 0 Å². The van der Waals surface area contributed by atoms with E-state index in [1.54, 1.807) is 6.08 Å². The minimum Gasteiger partial charge on any atom is -0.373 e. The summed E-state index contributed by atoms with van der Waals surface area (Å²) in [4.78, 5) is 0. The van der Waals surface area contributed by atoms with Crippen LogP contribution in [-0.2, 0) is 4.74 Å². The van der Waals surface area contributed by atoms with E-state index in [0.717, 1.165) is 12.2 Å². The van der Waals surface area contributed by atoms with Gasteiger partial charge in [-0.05, 0) is 0 Å². The largest absolute Gasteiger partial charge is 0.416 e. The third kappa shape index (κ3) is 2.73. The molecule has 1 unspecified atom stereocenters. The molecule has 1 nitrogen and oxygen atoms in total. The molecule has 0 amide bonds. The van der Waals surface area contributed by atoms with Crippen molar-refractivity contribution in [2.24, 2.45) is 0 Å². The van der Waals surface area contributed by atoms with Crippen LogP contribution >= 0.6 is 0 Å². The average Bonchev–Trinajstić information content (AvgIpc) is 2.26. The molecule has 1 aliphatic carbocycles. The topological polar surface area (TPSA) is 9.23 Å². The van der Waals surface area contributed by atoms with Crippen molar-refractivity contribution in [2.45, 2.75) is 12.3 Å². The Labute approximate surface area is 74.2 Å². The van der Waals surface area contributed by atoms with Gasteiger partial charge in [-0.3, -0.25) is 0 Å². The summed E-state index contributed by atoms with van der Waals surface area (Å²) < 4.78 is 41.3. The molecule has 0 spiro atoms. The fourth-order valence-electron chi connectivity index (χ4n) is 0.933. The number of allylic oxidation sites excluding steroid dienone is 4. The van der Waals surface area contributed by atoms with E-state index < -0.39 is 11.7 Å². The third-order valence-corrected chi connectivity index (χ3v) is 1.64. The molecule has 0 bridgehead atoms. The summed E-state index contributed by atoms with van der Waals surface area (Å²) in [7, 11) is 1.44. The molecule has 0 radical (unpaired) electrons. The molecule has 4 heteroatoms. The Balaban J connectivity index is 2.82. The molecule has 1 rings (SSSR count). The van der Waals surface area contributed by atoms with Crippen LogP contribution in [0.5, 0.6) is 0 Å². The molecule has 0 aromatic heterocycles. The number of ether oxygens (including phenoxy) is 1. The van der Waals surface area contributed by atoms with Gasteiger partial charge in [0, 0.05) is 7.11 Å². The maximum absolute atomic E-state index is 12.2. The summed E-state index contributed by atoms with van der Waals surface area (Å²) in [5.74, 6) is 0. The van der Waals surface area contributed by atoms with Crippen molar-refractivity contribution in [1.82, 2.24) is 0 Å². The van der Waals surface area contributed by atoms with E-state index in [1.807, 2.05) is 0 Å². The van der Waals surface area contributed by atoms with Crippen molar-refractivity contribution in [1.29, 1.82) is 0 Å². The van der Waals surface area contributed by atoms with Gasteiger partial charge in [-0.25, -0.2) is 0 Å². The molecule has 1 atom stereocenters. The van der Waals surface area contributed by atoms with Gasteiger partial charge >= 0.3 is 6.18 Å². The van der Waals surface area contributed by atoms with Gasteiger partial charge in [0.2, 0.25) is 0 Å². The zero-order valence-corrected chi connectivity index (χ0v) is 7.01. The summed E-state index contributed by atoms with van der Waals surface area (Å²) in [6.07, 6.45) is 1.64. The first-order valence-electron chi connectivity index (χ1n) is 3.70. The second-order valence-corrected chi connectivity index (χ2v) is 2.56. The van der Waals surface area contributed by atoms with Gasteiger partial charge in [-0.15, -0.1) is 0 Å². The minimum atomic E-state index is -4.29. The number of hydrogen-bond acceptors (Lipinski definition) is 1. The molecule has 0 aromatic rings. The number of halogens is 3. The van der Waals surface area contributed by atoms with E-state index in [0.29, 0.717) is 0 Å². The predicted octanol–water partition coefficient (Wildman–Crippen LogP) is 2.62. The summed E-state index contributed by atoms with van der Waals surface area (Å²) in [6.45, 7) is 0. The highest BCUT2D eigenvalue weighted by Gasteiger charge is 2.31. The molecule has 0 N–H and O–H groups in total. The smallest absolute Gasteiger partial charge is 0.373 e. The van der Waals surface area contributed by atoms with E-state index in [-0.39, 0.29) is 6.10 Å². The highest BCUT2D eigenvalue weighted by Crippen LogP contribution is 2.27. The van der Waals surface area contributed by atoms with E-state index in [9.17, 15) is 13.2 Å². The van der Waals surface area contributed by atoms with Gasteiger partial charge in [-0.2, -0.15) is 13.2 Å². The Kier molecular flexibility index (Phi) is 2.93. The van der Waals surface area contributed by atoms with Crippen LogP contribution < -0.4 is 0 Å². The van der Waals surface area contributed by atoms with Crippen LogP contribution in [-0.4, -0.2) is 19.4 Å². The fraction of sp³-hybridized carbons (Fsp3) is 0.333. The van der Waals surface area contributed by atoms with Crippen LogP contribution in [0.3, 0.4) is 0 Å². The van der Waals surface area contributed by atoms with E-state index >= 15 is 0 Å². The molecule has 72 valence electrons. The van der Waals surface area contributed by atoms with Gasteiger partial charge in [0.25, 0.3) is 0 Å². The van der Waals surface area contributed by atoms with E-state index in [4.69, 9.17) is 4.74 Å². The zero-order chi connectivity index (χ0) is 9.90. The lowest BCUT2D eigenvalue weighted by molar-refractivity contribution is -0.0881. The molecule has 0 saturated carbocycles. The van der Waals surface area contributed by atoms with Crippen LogP contribution in [0.2, 0.25) is 0 Å². The van der Waals surface area contributed by atoms with Crippen molar-refractivity contribution in [3.63, 3.8) is 0 Å². The number of methoxy groups -OCH3 is 1. The van der Waals surface area contributed by atoms with Gasteiger partial charge in [0.1, 0.15) is 0 Å². The van der Waals surface area contributed by atoms with Crippen LogP contribution in [0.15, 0.2) is 36.0 Å². The normalized spacial score (nSPS) is 22.8. The molecule has 0 aromatic carbocycles. The molecule has 0 aliphatic heterocycles. The lowest BCUT2D eigenvalue weighted by Crippen LogP contribution is -2.09. The minimum absolute atomic E-state index is 0.379. The Morgan fingerprint density at radius 2 is 2.00 bits per heavy atom. The first-order valence-corrected chi connectivity index (χ1v) is 3.70. The number of hydrogen-bond donors (Lipinski definition) is 0. The highest BCUT2D eigenvalue weighted by atomic mass is 19.4. The van der Waals surface area contributed by atoms with Crippen LogP contribution in [0, 0.1) is 0 Å². The number of alkyl halides is 3. The van der Waals surface area contributed by atoms with Crippen molar-refractivity contribution >= 4 is 0 Å². The van der Waals surface area contributed by atoms with E-state index in [1.165, 1.54) is 19.3 Å². The quantitative estimate of drug-likeness (QED) is 0.617.